The molecule has 4 amide bonds. The van der Waals surface area contributed by atoms with Gasteiger partial charge in [0.1, 0.15) is 11.6 Å². The number of carbonyl (C=O) groups excluding carboxylic acids is 3. The normalized spacial score (nSPS) is 14.9. The highest BCUT2D eigenvalue weighted by molar-refractivity contribution is 6.60. The van der Waals surface area contributed by atoms with E-state index in [1.807, 2.05) is 0 Å². The maximum Gasteiger partial charge on any atom is 0.343 e. The van der Waals surface area contributed by atoms with E-state index in [1.54, 1.807) is 0 Å². The lowest BCUT2D eigenvalue weighted by atomic mass is 10.3. The van der Waals surface area contributed by atoms with Crippen molar-refractivity contribution in [2.24, 2.45) is 0 Å². The molecular formula is C15H8F2N2O3. The second-order valence-electron chi connectivity index (χ2n) is 4.52. The molecule has 0 unspecified atom stereocenters. The van der Waals surface area contributed by atoms with Crippen LogP contribution in [-0.2, 0) is 9.59 Å². The van der Waals surface area contributed by atoms with Gasteiger partial charge < -0.3 is 0 Å². The number of nitrogens with zero attached hydrogens (tertiary/aromatic N) is 2. The van der Waals surface area contributed by atoms with Gasteiger partial charge in [-0.2, -0.15) is 0 Å². The fourth-order valence-electron chi connectivity index (χ4n) is 2.15. The van der Waals surface area contributed by atoms with E-state index in [4.69, 9.17) is 0 Å². The van der Waals surface area contributed by atoms with E-state index < -0.39 is 29.5 Å². The monoisotopic (exact) mass is 302 g/mol. The molecule has 22 heavy (non-hydrogen) atoms. The first-order chi connectivity index (χ1) is 10.5. The van der Waals surface area contributed by atoms with Crippen molar-refractivity contribution in [1.29, 1.82) is 0 Å². The third kappa shape index (κ3) is 2.12. The summed E-state index contributed by atoms with van der Waals surface area (Å²) in [7, 11) is 0. The van der Waals surface area contributed by atoms with Gasteiger partial charge in [-0.1, -0.05) is 12.1 Å². The lowest BCUT2D eigenvalue weighted by Crippen LogP contribution is -2.33. The Hall–Kier alpha value is -3.09. The maximum atomic E-state index is 13.2. The average molecular weight is 302 g/mol. The number of amides is 4. The van der Waals surface area contributed by atoms with Crippen LogP contribution in [0.1, 0.15) is 0 Å². The number of benzene rings is 2. The molecule has 0 aliphatic carbocycles. The zero-order valence-corrected chi connectivity index (χ0v) is 11.0. The van der Waals surface area contributed by atoms with Gasteiger partial charge in [0.05, 0.1) is 11.4 Å². The highest BCUT2D eigenvalue weighted by Crippen LogP contribution is 2.27. The Morgan fingerprint density at radius 3 is 1.45 bits per heavy atom. The van der Waals surface area contributed by atoms with Crippen molar-refractivity contribution in [3.63, 3.8) is 0 Å². The van der Waals surface area contributed by atoms with Crippen LogP contribution in [0.2, 0.25) is 0 Å². The molecule has 5 nitrogen and oxygen atoms in total. The largest absolute Gasteiger partial charge is 0.343 e. The smallest absolute Gasteiger partial charge is 0.262 e. The SMILES string of the molecule is O=C1C(=O)N(c2cccc(F)c2)C(=O)N1c1cccc(F)c1. The van der Waals surface area contributed by atoms with E-state index in [2.05, 4.69) is 0 Å². The number of imide groups is 2. The predicted octanol–water partition coefficient (Wildman–Crippen LogP) is 2.46. The van der Waals surface area contributed by atoms with E-state index in [1.165, 1.54) is 24.3 Å². The van der Waals surface area contributed by atoms with Crippen molar-refractivity contribution in [1.82, 2.24) is 0 Å². The van der Waals surface area contributed by atoms with Gasteiger partial charge in [-0.3, -0.25) is 9.59 Å². The molecule has 0 atom stereocenters. The van der Waals surface area contributed by atoms with Crippen LogP contribution in [0.3, 0.4) is 0 Å². The summed E-state index contributed by atoms with van der Waals surface area (Å²) in [5, 5.41) is 0. The zero-order chi connectivity index (χ0) is 15.9. The Morgan fingerprint density at radius 2 is 1.09 bits per heavy atom. The Balaban J connectivity index is 2.05. The molecule has 3 rings (SSSR count). The van der Waals surface area contributed by atoms with Gasteiger partial charge in [0.15, 0.2) is 0 Å². The van der Waals surface area contributed by atoms with Gasteiger partial charge in [-0.05, 0) is 36.4 Å². The van der Waals surface area contributed by atoms with Crippen LogP contribution < -0.4 is 9.80 Å². The zero-order valence-electron chi connectivity index (χ0n) is 11.0. The minimum atomic E-state index is -1.13. The van der Waals surface area contributed by atoms with Crippen molar-refractivity contribution in [3.8, 4) is 0 Å². The quantitative estimate of drug-likeness (QED) is 0.632. The van der Waals surface area contributed by atoms with Crippen LogP contribution >= 0.6 is 0 Å². The van der Waals surface area contributed by atoms with Crippen LogP contribution in [0.5, 0.6) is 0 Å². The molecule has 0 spiro atoms. The second kappa shape index (κ2) is 5.03. The minimum Gasteiger partial charge on any atom is -0.262 e. The summed E-state index contributed by atoms with van der Waals surface area (Å²) in [5.41, 5.74) is -0.135. The molecule has 7 heteroatoms. The summed E-state index contributed by atoms with van der Waals surface area (Å²) >= 11 is 0. The van der Waals surface area contributed by atoms with Gasteiger partial charge >= 0.3 is 17.8 Å². The van der Waals surface area contributed by atoms with Crippen molar-refractivity contribution < 1.29 is 23.2 Å². The summed E-state index contributed by atoms with van der Waals surface area (Å²) in [6, 6.07) is 8.47. The summed E-state index contributed by atoms with van der Waals surface area (Å²) in [6.45, 7) is 0. The molecule has 2 aromatic carbocycles. The van der Waals surface area contributed by atoms with Gasteiger partial charge in [-0.25, -0.2) is 23.4 Å². The predicted molar refractivity (Wildman–Crippen MR) is 73.2 cm³/mol. The second-order valence-corrected chi connectivity index (χ2v) is 4.52. The van der Waals surface area contributed by atoms with Crippen molar-refractivity contribution in [2.75, 3.05) is 9.80 Å². The standard InChI is InChI=1S/C15H8F2N2O3/c16-9-3-1-5-11(7-9)18-13(20)14(21)19(15(18)22)12-6-2-4-10(17)8-12/h1-8H. The number of hydrogen-bond acceptors (Lipinski definition) is 3. The minimum absolute atomic E-state index is 0.0674. The van der Waals surface area contributed by atoms with Crippen LogP contribution in [-0.4, -0.2) is 17.8 Å². The molecule has 0 bridgehead atoms. The van der Waals surface area contributed by atoms with Gasteiger partial charge in [-0.15, -0.1) is 0 Å². The van der Waals surface area contributed by atoms with Crippen LogP contribution in [0.15, 0.2) is 48.5 Å². The molecule has 0 saturated carbocycles. The molecular weight excluding hydrogens is 294 g/mol. The Morgan fingerprint density at radius 1 is 0.682 bits per heavy atom. The first-order valence-corrected chi connectivity index (χ1v) is 6.22. The summed E-state index contributed by atoms with van der Waals surface area (Å²) in [6.07, 6.45) is 0. The summed E-state index contributed by atoms with van der Waals surface area (Å²) < 4.78 is 26.5. The molecule has 1 aliphatic rings. The number of carbonyl (C=O) groups is 3. The van der Waals surface area contributed by atoms with Crippen LogP contribution in [0, 0.1) is 11.6 Å². The summed E-state index contributed by atoms with van der Waals surface area (Å²) in [5.74, 6) is -3.57. The maximum absolute atomic E-state index is 13.2. The van der Waals surface area contributed by atoms with E-state index in [-0.39, 0.29) is 11.4 Å². The number of halogens is 2. The van der Waals surface area contributed by atoms with Gasteiger partial charge in [0, 0.05) is 0 Å². The van der Waals surface area contributed by atoms with Crippen molar-refractivity contribution >= 4 is 29.2 Å². The van der Waals surface area contributed by atoms with Crippen LogP contribution in [0.25, 0.3) is 0 Å². The summed E-state index contributed by atoms with van der Waals surface area (Å²) in [4.78, 5) is 37.4. The van der Waals surface area contributed by atoms with E-state index >= 15 is 0 Å². The van der Waals surface area contributed by atoms with Gasteiger partial charge in [0.2, 0.25) is 0 Å². The molecule has 1 aliphatic heterocycles. The number of hydrogen-bond donors (Lipinski definition) is 0. The Labute approximate surface area is 123 Å². The van der Waals surface area contributed by atoms with E-state index in [0.717, 1.165) is 24.3 Å². The van der Waals surface area contributed by atoms with E-state index in [9.17, 15) is 23.2 Å². The van der Waals surface area contributed by atoms with Gasteiger partial charge in [0.25, 0.3) is 0 Å². The van der Waals surface area contributed by atoms with Crippen LogP contribution in [0.4, 0.5) is 25.0 Å². The highest BCUT2D eigenvalue weighted by atomic mass is 19.1. The lowest BCUT2D eigenvalue weighted by Gasteiger charge is -2.15. The third-order valence-electron chi connectivity index (χ3n) is 3.10. The van der Waals surface area contributed by atoms with Crippen molar-refractivity contribution in [3.05, 3.63) is 60.2 Å². The lowest BCUT2D eigenvalue weighted by molar-refractivity contribution is -0.133. The number of rotatable bonds is 2. The molecule has 2 aromatic rings. The fraction of sp³-hybridized carbons (Fsp3) is 0. The highest BCUT2D eigenvalue weighted by Gasteiger charge is 2.46. The van der Waals surface area contributed by atoms with Crippen molar-refractivity contribution in [2.45, 2.75) is 0 Å². The molecule has 1 heterocycles. The topological polar surface area (TPSA) is 57.7 Å². The molecule has 0 N–H and O–H groups in total. The van der Waals surface area contributed by atoms with E-state index in [0.29, 0.717) is 9.80 Å². The molecule has 110 valence electrons. The fourth-order valence-corrected chi connectivity index (χ4v) is 2.15. The third-order valence-corrected chi connectivity index (χ3v) is 3.10. The molecule has 1 fully saturated rings. The first-order valence-electron chi connectivity index (χ1n) is 6.22. The molecule has 0 aromatic heterocycles. The average Bonchev–Trinajstić information content (AvgIpc) is 2.69. The molecule has 0 radical (unpaired) electrons. The molecule has 1 saturated heterocycles. The Kier molecular flexibility index (Phi) is 3.17. The Bertz CT molecular complexity index is 741. The number of anilines is 2. The number of urea groups is 1. The first kappa shape index (κ1) is 13.9.